The number of rotatable bonds is 8. The molecule has 0 radical (unpaired) electrons. The molecule has 1 aromatic carbocycles. The molecule has 0 aromatic heterocycles. The Hall–Kier alpha value is -2.83. The zero-order valence-electron chi connectivity index (χ0n) is 12.7. The third-order valence-corrected chi connectivity index (χ3v) is 3.03. The van der Waals surface area contributed by atoms with Crippen LogP contribution in [-0.4, -0.2) is 35.2 Å². The zero-order valence-corrected chi connectivity index (χ0v) is 12.7. The molecule has 7 heteroatoms. The van der Waals surface area contributed by atoms with Gasteiger partial charge in [-0.3, -0.25) is 4.79 Å². The van der Waals surface area contributed by atoms with Crippen molar-refractivity contribution in [3.8, 4) is 11.5 Å². The Kier molecular flexibility index (Phi) is 6.79. The van der Waals surface area contributed by atoms with Gasteiger partial charge in [-0.1, -0.05) is 12.6 Å². The fourth-order valence-corrected chi connectivity index (χ4v) is 1.80. The van der Waals surface area contributed by atoms with E-state index in [1.54, 1.807) is 0 Å². The summed E-state index contributed by atoms with van der Waals surface area (Å²) in [5.41, 5.74) is -0.137. The number of phenolic OH excluding ortho intramolecular Hbond substituents is 1. The molecule has 0 unspecified atom stereocenters. The standard InChI is InChI=1S/C16H18O7/c1-10(15(19)20)6-3-4-9-13(18)23-12-8-5-7-11(17)14(12)16(21)22-2/h5,7-8,17H,1,3-4,6,9H2,2H3,(H,19,20). The summed E-state index contributed by atoms with van der Waals surface area (Å²) in [6.07, 6.45) is 1.22. The molecule has 0 bridgehead atoms. The maximum atomic E-state index is 11.8. The minimum Gasteiger partial charge on any atom is -0.507 e. The molecular formula is C16H18O7. The first-order valence-corrected chi connectivity index (χ1v) is 6.88. The van der Waals surface area contributed by atoms with Crippen LogP contribution in [0.25, 0.3) is 0 Å². The third kappa shape index (κ3) is 5.46. The highest BCUT2D eigenvalue weighted by atomic mass is 16.5. The molecule has 0 amide bonds. The lowest BCUT2D eigenvalue weighted by Crippen LogP contribution is -2.12. The highest BCUT2D eigenvalue weighted by Crippen LogP contribution is 2.28. The normalized spacial score (nSPS) is 9.96. The average molecular weight is 322 g/mol. The number of carbonyl (C=O) groups is 3. The lowest BCUT2D eigenvalue weighted by Gasteiger charge is -2.10. The number of aromatic hydroxyl groups is 1. The van der Waals surface area contributed by atoms with Crippen molar-refractivity contribution >= 4 is 17.9 Å². The zero-order chi connectivity index (χ0) is 17.4. The van der Waals surface area contributed by atoms with Crippen LogP contribution < -0.4 is 4.74 Å². The summed E-state index contributed by atoms with van der Waals surface area (Å²) in [5, 5.41) is 18.3. The first-order valence-electron chi connectivity index (χ1n) is 6.88. The molecule has 0 aliphatic carbocycles. The van der Waals surface area contributed by atoms with Gasteiger partial charge in [0.15, 0.2) is 0 Å². The van der Waals surface area contributed by atoms with E-state index in [-0.39, 0.29) is 35.5 Å². The van der Waals surface area contributed by atoms with Gasteiger partial charge < -0.3 is 19.7 Å². The van der Waals surface area contributed by atoms with Gasteiger partial charge in [-0.25, -0.2) is 9.59 Å². The van der Waals surface area contributed by atoms with E-state index < -0.39 is 17.9 Å². The summed E-state index contributed by atoms with van der Waals surface area (Å²) < 4.78 is 9.60. The second kappa shape index (κ2) is 8.57. The van der Waals surface area contributed by atoms with E-state index in [0.717, 1.165) is 7.11 Å². The van der Waals surface area contributed by atoms with Crippen LogP contribution in [0.4, 0.5) is 0 Å². The Morgan fingerprint density at radius 1 is 1.17 bits per heavy atom. The number of carbonyl (C=O) groups excluding carboxylic acids is 2. The quantitative estimate of drug-likeness (QED) is 0.327. The van der Waals surface area contributed by atoms with Crippen molar-refractivity contribution < 1.29 is 34.1 Å². The van der Waals surface area contributed by atoms with Gasteiger partial charge in [0.25, 0.3) is 0 Å². The van der Waals surface area contributed by atoms with Crippen LogP contribution in [0.1, 0.15) is 36.0 Å². The van der Waals surface area contributed by atoms with Gasteiger partial charge in [0.1, 0.15) is 17.1 Å². The van der Waals surface area contributed by atoms with Crippen LogP contribution >= 0.6 is 0 Å². The molecule has 0 heterocycles. The lowest BCUT2D eigenvalue weighted by atomic mass is 10.1. The van der Waals surface area contributed by atoms with Crippen LogP contribution in [0.2, 0.25) is 0 Å². The number of carboxylic acids is 1. The number of ether oxygens (including phenoxy) is 2. The summed E-state index contributed by atoms with van der Waals surface area (Å²) in [5.74, 6) is -2.91. The van der Waals surface area contributed by atoms with Gasteiger partial charge in [0, 0.05) is 12.0 Å². The number of esters is 2. The molecule has 2 N–H and O–H groups in total. The van der Waals surface area contributed by atoms with Gasteiger partial charge >= 0.3 is 17.9 Å². The molecule has 1 aromatic rings. The first-order chi connectivity index (χ1) is 10.9. The third-order valence-electron chi connectivity index (χ3n) is 3.03. The maximum absolute atomic E-state index is 11.8. The van der Waals surface area contributed by atoms with Gasteiger partial charge in [0.05, 0.1) is 7.11 Å². The largest absolute Gasteiger partial charge is 0.507 e. The summed E-state index contributed by atoms with van der Waals surface area (Å²) >= 11 is 0. The van der Waals surface area contributed by atoms with E-state index in [2.05, 4.69) is 11.3 Å². The van der Waals surface area contributed by atoms with Gasteiger partial charge in [0.2, 0.25) is 0 Å². The van der Waals surface area contributed by atoms with Crippen molar-refractivity contribution in [2.75, 3.05) is 7.11 Å². The van der Waals surface area contributed by atoms with Crippen LogP contribution in [0, 0.1) is 0 Å². The van der Waals surface area contributed by atoms with Gasteiger partial charge in [-0.05, 0) is 31.4 Å². The Labute approximate surface area is 133 Å². The molecule has 1 rings (SSSR count). The topological polar surface area (TPSA) is 110 Å². The fraction of sp³-hybridized carbons (Fsp3) is 0.312. The second-order valence-corrected chi connectivity index (χ2v) is 4.73. The van der Waals surface area contributed by atoms with Crippen molar-refractivity contribution in [2.24, 2.45) is 0 Å². The van der Waals surface area contributed by atoms with Crippen molar-refractivity contribution in [3.05, 3.63) is 35.9 Å². The Morgan fingerprint density at radius 3 is 2.43 bits per heavy atom. The van der Waals surface area contributed by atoms with Gasteiger partial charge in [-0.2, -0.15) is 0 Å². The average Bonchev–Trinajstić information content (AvgIpc) is 2.50. The molecule has 0 aliphatic rings. The van der Waals surface area contributed by atoms with E-state index in [1.807, 2.05) is 0 Å². The number of hydrogen-bond acceptors (Lipinski definition) is 6. The molecule has 124 valence electrons. The highest BCUT2D eigenvalue weighted by Gasteiger charge is 2.20. The summed E-state index contributed by atoms with van der Waals surface area (Å²) in [7, 11) is 1.15. The van der Waals surface area contributed by atoms with Crippen LogP contribution in [0.5, 0.6) is 11.5 Å². The molecule has 7 nitrogen and oxygen atoms in total. The second-order valence-electron chi connectivity index (χ2n) is 4.73. The predicted molar refractivity (Wildman–Crippen MR) is 80.3 cm³/mol. The van der Waals surface area contributed by atoms with Crippen molar-refractivity contribution in [1.82, 2.24) is 0 Å². The fourth-order valence-electron chi connectivity index (χ4n) is 1.80. The minimum absolute atomic E-state index is 0.0448. The van der Waals surface area contributed by atoms with E-state index in [1.165, 1.54) is 18.2 Å². The van der Waals surface area contributed by atoms with E-state index in [4.69, 9.17) is 9.84 Å². The van der Waals surface area contributed by atoms with Crippen molar-refractivity contribution in [1.29, 1.82) is 0 Å². The van der Waals surface area contributed by atoms with Crippen LogP contribution in [0.3, 0.4) is 0 Å². The Balaban J connectivity index is 2.58. The van der Waals surface area contributed by atoms with E-state index in [9.17, 15) is 19.5 Å². The number of benzene rings is 1. The number of unbranched alkanes of at least 4 members (excludes halogenated alkanes) is 1. The van der Waals surface area contributed by atoms with E-state index >= 15 is 0 Å². The molecule has 0 spiro atoms. The SMILES string of the molecule is C=C(CCCCC(=O)Oc1cccc(O)c1C(=O)OC)C(=O)O. The van der Waals surface area contributed by atoms with Crippen molar-refractivity contribution in [2.45, 2.75) is 25.7 Å². The Morgan fingerprint density at radius 2 is 1.83 bits per heavy atom. The molecule has 0 saturated carbocycles. The monoisotopic (exact) mass is 322 g/mol. The summed E-state index contributed by atoms with van der Waals surface area (Å²) in [4.78, 5) is 33.9. The maximum Gasteiger partial charge on any atom is 0.345 e. The molecule has 23 heavy (non-hydrogen) atoms. The molecular weight excluding hydrogens is 304 g/mol. The predicted octanol–water partition coefficient (Wildman–Crippen LogP) is 2.29. The number of hydrogen-bond donors (Lipinski definition) is 2. The highest BCUT2D eigenvalue weighted by molar-refractivity contribution is 5.96. The summed E-state index contributed by atoms with van der Waals surface area (Å²) in [6.45, 7) is 3.39. The number of aliphatic carboxylic acids is 1. The summed E-state index contributed by atoms with van der Waals surface area (Å²) in [6, 6.07) is 4.08. The minimum atomic E-state index is -1.06. The Bertz CT molecular complexity index is 619. The van der Waals surface area contributed by atoms with Gasteiger partial charge in [-0.15, -0.1) is 0 Å². The smallest absolute Gasteiger partial charge is 0.345 e. The van der Waals surface area contributed by atoms with Crippen LogP contribution in [0.15, 0.2) is 30.4 Å². The molecule has 0 aliphatic heterocycles. The molecule has 0 atom stereocenters. The molecule has 0 saturated heterocycles. The van der Waals surface area contributed by atoms with Crippen LogP contribution in [-0.2, 0) is 14.3 Å². The van der Waals surface area contributed by atoms with E-state index in [0.29, 0.717) is 12.8 Å². The first kappa shape index (κ1) is 18.2. The molecule has 0 fully saturated rings. The number of phenols is 1. The lowest BCUT2D eigenvalue weighted by molar-refractivity contribution is -0.134. The van der Waals surface area contributed by atoms with Crippen molar-refractivity contribution in [3.63, 3.8) is 0 Å². The number of methoxy groups -OCH3 is 1. The number of carboxylic acid groups (broad SMARTS) is 1.